The molecule has 0 fully saturated rings. The van der Waals surface area contributed by atoms with Crippen molar-refractivity contribution in [1.29, 1.82) is 0 Å². The fourth-order valence-electron chi connectivity index (χ4n) is 8.99. The molecule has 54 heavy (non-hydrogen) atoms. The summed E-state index contributed by atoms with van der Waals surface area (Å²) in [5.41, 5.74) is 18.6. The van der Waals surface area contributed by atoms with Crippen LogP contribution in [0, 0.1) is 20.8 Å². The number of hydrogen-bond acceptors (Lipinski definition) is 1. The molecule has 2 nitrogen and oxygen atoms in total. The van der Waals surface area contributed by atoms with Gasteiger partial charge in [0.1, 0.15) is 0 Å². The lowest BCUT2D eigenvalue weighted by Crippen LogP contribution is -2.17. The van der Waals surface area contributed by atoms with Crippen LogP contribution in [-0.2, 0) is 5.41 Å². The Hall–Kier alpha value is -6.38. The van der Waals surface area contributed by atoms with Gasteiger partial charge in [0.05, 0.1) is 16.7 Å². The molecule has 1 aliphatic rings. The Bertz CT molecular complexity index is 2930. The molecule has 0 spiro atoms. The maximum absolute atomic E-state index is 2.52. The lowest BCUT2D eigenvalue weighted by atomic mass is 9.81. The Kier molecular flexibility index (Phi) is 7.22. The summed E-state index contributed by atoms with van der Waals surface area (Å²) in [6.07, 6.45) is 0. The van der Waals surface area contributed by atoms with Gasteiger partial charge in [-0.2, -0.15) is 0 Å². The van der Waals surface area contributed by atoms with Crippen LogP contribution in [0.2, 0.25) is 0 Å². The number of benzene rings is 8. The average Bonchev–Trinajstić information content (AvgIpc) is 3.62. The molecular weight excluding hydrogens is 653 g/mol. The molecule has 9 aromatic rings. The monoisotopic (exact) mass is 694 g/mol. The molecule has 260 valence electrons. The number of aromatic nitrogens is 1. The lowest BCUT2D eigenvalue weighted by Gasteiger charge is -2.28. The number of hydrogen-bond donors (Lipinski definition) is 0. The fourth-order valence-corrected chi connectivity index (χ4v) is 8.99. The van der Waals surface area contributed by atoms with E-state index in [0.717, 1.165) is 11.4 Å². The molecule has 0 amide bonds. The molecule has 0 N–H and O–H groups in total. The van der Waals surface area contributed by atoms with E-state index in [4.69, 9.17) is 0 Å². The van der Waals surface area contributed by atoms with Crippen LogP contribution in [0.3, 0.4) is 0 Å². The summed E-state index contributed by atoms with van der Waals surface area (Å²) in [6.45, 7) is 11.3. The fraction of sp³-hybridized carbons (Fsp3) is 0.115. The van der Waals surface area contributed by atoms with Crippen molar-refractivity contribution in [3.63, 3.8) is 0 Å². The summed E-state index contributed by atoms with van der Waals surface area (Å²) >= 11 is 0. The number of anilines is 3. The molecule has 0 aliphatic heterocycles. The first kappa shape index (κ1) is 32.3. The highest BCUT2D eigenvalue weighted by atomic mass is 15.1. The van der Waals surface area contributed by atoms with E-state index in [1.807, 2.05) is 0 Å². The summed E-state index contributed by atoms with van der Waals surface area (Å²) < 4.78 is 2.52. The Morgan fingerprint density at radius 2 is 1.07 bits per heavy atom. The second-order valence-corrected chi connectivity index (χ2v) is 15.7. The Balaban J connectivity index is 1.20. The van der Waals surface area contributed by atoms with E-state index in [9.17, 15) is 0 Å². The van der Waals surface area contributed by atoms with Crippen molar-refractivity contribution < 1.29 is 0 Å². The molecule has 0 saturated carbocycles. The van der Waals surface area contributed by atoms with Gasteiger partial charge in [-0.15, -0.1) is 0 Å². The van der Waals surface area contributed by atoms with E-state index < -0.39 is 0 Å². The quantitative estimate of drug-likeness (QED) is 0.174. The van der Waals surface area contributed by atoms with Gasteiger partial charge in [0.15, 0.2) is 0 Å². The smallest absolute Gasteiger partial charge is 0.0544 e. The van der Waals surface area contributed by atoms with E-state index in [-0.39, 0.29) is 5.41 Å². The third-order valence-corrected chi connectivity index (χ3v) is 11.7. The van der Waals surface area contributed by atoms with Gasteiger partial charge in [0, 0.05) is 38.6 Å². The minimum Gasteiger partial charge on any atom is -0.310 e. The maximum Gasteiger partial charge on any atom is 0.0544 e. The van der Waals surface area contributed by atoms with E-state index in [1.54, 1.807) is 0 Å². The van der Waals surface area contributed by atoms with E-state index in [1.165, 1.54) is 94.0 Å². The van der Waals surface area contributed by atoms with E-state index >= 15 is 0 Å². The highest BCUT2D eigenvalue weighted by Crippen LogP contribution is 2.54. The standard InChI is InChI=1S/C52H42N2/c1-33-18-22-38(23-19-33)53(39-15-11-12-34(2)28-39)40-24-25-43-46(31-40)52(4,5)47-32-50(41-16-9-10-17-42(41)51(43)47)54-48-26-20-35(3)29-44(48)45-30-37(21-27-49(45)54)36-13-7-6-8-14-36/h6-32H,1-5H3. The zero-order valence-corrected chi connectivity index (χ0v) is 31.5. The molecule has 0 bridgehead atoms. The lowest BCUT2D eigenvalue weighted by molar-refractivity contribution is 0.660. The van der Waals surface area contributed by atoms with Crippen LogP contribution in [0.5, 0.6) is 0 Å². The first-order valence-corrected chi connectivity index (χ1v) is 19.0. The van der Waals surface area contributed by atoms with Crippen molar-refractivity contribution in [2.24, 2.45) is 0 Å². The van der Waals surface area contributed by atoms with Gasteiger partial charge in [0.25, 0.3) is 0 Å². The predicted octanol–water partition coefficient (Wildman–Crippen LogP) is 14.3. The molecule has 1 heterocycles. The summed E-state index contributed by atoms with van der Waals surface area (Å²) in [6, 6.07) is 61.0. The molecule has 0 radical (unpaired) electrons. The maximum atomic E-state index is 2.52. The van der Waals surface area contributed by atoms with Crippen molar-refractivity contribution in [3.05, 3.63) is 192 Å². The minimum absolute atomic E-state index is 0.235. The zero-order chi connectivity index (χ0) is 36.7. The minimum atomic E-state index is -0.235. The second-order valence-electron chi connectivity index (χ2n) is 15.7. The highest BCUT2D eigenvalue weighted by Gasteiger charge is 2.38. The van der Waals surface area contributed by atoms with E-state index in [2.05, 4.69) is 208 Å². The summed E-state index contributed by atoms with van der Waals surface area (Å²) in [4.78, 5) is 2.40. The third kappa shape index (κ3) is 4.94. The van der Waals surface area contributed by atoms with Gasteiger partial charge in [0.2, 0.25) is 0 Å². The summed E-state index contributed by atoms with van der Waals surface area (Å²) in [5, 5.41) is 5.12. The van der Waals surface area contributed by atoms with Gasteiger partial charge in [-0.05, 0) is 132 Å². The van der Waals surface area contributed by atoms with Crippen LogP contribution >= 0.6 is 0 Å². The predicted molar refractivity (Wildman–Crippen MR) is 230 cm³/mol. The number of nitrogens with zero attached hydrogens (tertiary/aromatic N) is 2. The van der Waals surface area contributed by atoms with Crippen LogP contribution in [0.25, 0.3) is 60.5 Å². The SMILES string of the molecule is Cc1ccc(N(c2cccc(C)c2)c2ccc3c(c2)C(C)(C)c2cc(-n4c5ccc(C)cc5c5cc(-c6ccccc6)ccc54)c4ccccc4c2-3)cc1. The number of rotatable bonds is 5. The number of aryl methyl sites for hydroxylation is 3. The molecule has 0 atom stereocenters. The Morgan fingerprint density at radius 1 is 0.426 bits per heavy atom. The highest BCUT2D eigenvalue weighted by molar-refractivity contribution is 6.13. The zero-order valence-electron chi connectivity index (χ0n) is 31.5. The number of fused-ring (bicyclic) bond motifs is 8. The van der Waals surface area contributed by atoms with Crippen molar-refractivity contribution in [2.75, 3.05) is 4.90 Å². The normalized spacial score (nSPS) is 13.1. The van der Waals surface area contributed by atoms with E-state index in [0.29, 0.717) is 0 Å². The molecule has 2 heteroatoms. The van der Waals surface area contributed by atoms with Crippen molar-refractivity contribution in [2.45, 2.75) is 40.0 Å². The first-order valence-electron chi connectivity index (χ1n) is 19.0. The van der Waals surface area contributed by atoms with Crippen LogP contribution in [0.15, 0.2) is 164 Å². The Morgan fingerprint density at radius 3 is 1.85 bits per heavy atom. The van der Waals surface area contributed by atoms with Gasteiger partial charge >= 0.3 is 0 Å². The van der Waals surface area contributed by atoms with Crippen molar-refractivity contribution >= 4 is 49.6 Å². The summed E-state index contributed by atoms with van der Waals surface area (Å²) in [7, 11) is 0. The molecule has 0 saturated heterocycles. The van der Waals surface area contributed by atoms with Crippen molar-refractivity contribution in [3.8, 4) is 27.9 Å². The van der Waals surface area contributed by atoms with Gasteiger partial charge in [-0.1, -0.05) is 122 Å². The largest absolute Gasteiger partial charge is 0.310 e. The van der Waals surface area contributed by atoms with Gasteiger partial charge < -0.3 is 9.47 Å². The second kappa shape index (κ2) is 12.1. The van der Waals surface area contributed by atoms with Crippen LogP contribution in [0.4, 0.5) is 17.1 Å². The van der Waals surface area contributed by atoms with Gasteiger partial charge in [-0.3, -0.25) is 0 Å². The topological polar surface area (TPSA) is 8.17 Å². The third-order valence-electron chi connectivity index (χ3n) is 11.7. The molecule has 10 rings (SSSR count). The van der Waals surface area contributed by atoms with Crippen LogP contribution in [0.1, 0.15) is 41.7 Å². The molecule has 0 unspecified atom stereocenters. The molecular formula is C52H42N2. The average molecular weight is 695 g/mol. The van der Waals surface area contributed by atoms with Crippen LogP contribution < -0.4 is 4.90 Å². The molecule has 1 aromatic heterocycles. The van der Waals surface area contributed by atoms with Crippen LogP contribution in [-0.4, -0.2) is 4.57 Å². The van der Waals surface area contributed by atoms with Gasteiger partial charge in [-0.25, -0.2) is 0 Å². The molecule has 8 aromatic carbocycles. The van der Waals surface area contributed by atoms with Crippen molar-refractivity contribution in [1.82, 2.24) is 4.57 Å². The molecule has 1 aliphatic carbocycles. The summed E-state index contributed by atoms with van der Waals surface area (Å²) in [5.74, 6) is 0. The first-order chi connectivity index (χ1) is 26.3. The Labute approximate surface area is 317 Å².